The van der Waals surface area contributed by atoms with Crippen LogP contribution in [0.25, 0.3) is 0 Å². The highest BCUT2D eigenvalue weighted by Gasteiger charge is 2.18. The number of hydrogen-bond donors (Lipinski definition) is 2. The number of nitrogens with one attached hydrogen (secondary N) is 2. The average molecular weight is 455 g/mol. The predicted octanol–water partition coefficient (Wildman–Crippen LogP) is 3.52. The SMILES string of the molecule is CC(=O)N1CCN(c2ccc(NC(=S)NC(=O)c3cccc(OCC(C)C)c3)cc2)CC1. The Morgan fingerprint density at radius 1 is 1.06 bits per heavy atom. The Bertz CT molecular complexity index is 954. The Labute approximate surface area is 194 Å². The van der Waals surface area contributed by atoms with Crippen molar-refractivity contribution in [3.8, 4) is 5.75 Å². The van der Waals surface area contributed by atoms with Crippen LogP contribution in [0.2, 0.25) is 0 Å². The highest BCUT2D eigenvalue weighted by atomic mass is 32.1. The fraction of sp³-hybridized carbons (Fsp3) is 0.375. The molecule has 1 saturated heterocycles. The molecule has 1 heterocycles. The van der Waals surface area contributed by atoms with E-state index < -0.39 is 0 Å². The van der Waals surface area contributed by atoms with Gasteiger partial charge >= 0.3 is 0 Å². The van der Waals surface area contributed by atoms with Gasteiger partial charge in [-0.2, -0.15) is 0 Å². The number of anilines is 2. The van der Waals surface area contributed by atoms with Crippen molar-refractivity contribution in [2.24, 2.45) is 5.92 Å². The number of rotatable bonds is 6. The Morgan fingerprint density at radius 3 is 2.38 bits per heavy atom. The van der Waals surface area contributed by atoms with Crippen molar-refractivity contribution in [2.75, 3.05) is 43.0 Å². The maximum atomic E-state index is 12.5. The molecule has 0 aromatic heterocycles. The van der Waals surface area contributed by atoms with Crippen molar-refractivity contribution in [1.82, 2.24) is 10.2 Å². The normalized spacial score (nSPS) is 13.6. The number of amides is 2. The van der Waals surface area contributed by atoms with Crippen LogP contribution in [0.5, 0.6) is 5.75 Å². The average Bonchev–Trinajstić information content (AvgIpc) is 2.78. The third-order valence-corrected chi connectivity index (χ3v) is 5.33. The highest BCUT2D eigenvalue weighted by molar-refractivity contribution is 7.80. The monoisotopic (exact) mass is 454 g/mol. The molecule has 2 aromatic rings. The first-order valence-electron chi connectivity index (χ1n) is 10.8. The van der Waals surface area contributed by atoms with E-state index in [0.717, 1.165) is 37.6 Å². The molecule has 0 unspecified atom stereocenters. The lowest BCUT2D eigenvalue weighted by Gasteiger charge is -2.35. The van der Waals surface area contributed by atoms with Crippen molar-refractivity contribution in [3.05, 3.63) is 54.1 Å². The molecule has 1 aliphatic heterocycles. The minimum absolute atomic E-state index is 0.120. The van der Waals surface area contributed by atoms with Crippen LogP contribution in [0.3, 0.4) is 0 Å². The molecule has 0 bridgehead atoms. The van der Waals surface area contributed by atoms with Crippen LogP contribution in [0.15, 0.2) is 48.5 Å². The second kappa shape index (κ2) is 10.9. The third kappa shape index (κ3) is 6.68. The van der Waals surface area contributed by atoms with Gasteiger partial charge in [-0.3, -0.25) is 14.9 Å². The number of benzene rings is 2. The quantitative estimate of drug-likeness (QED) is 0.651. The zero-order valence-electron chi connectivity index (χ0n) is 18.8. The standard InChI is InChI=1S/C24H30N4O3S/c1-17(2)16-31-22-6-4-5-19(15-22)23(30)26-24(32)25-20-7-9-21(10-8-20)28-13-11-27(12-14-28)18(3)29/h4-10,15,17H,11-14,16H2,1-3H3,(H2,25,26,30,32). The lowest BCUT2D eigenvalue weighted by atomic mass is 10.2. The van der Waals surface area contributed by atoms with Gasteiger partial charge in [-0.05, 0) is 60.6 Å². The molecular weight excluding hydrogens is 424 g/mol. The van der Waals surface area contributed by atoms with Crippen LogP contribution in [0.1, 0.15) is 31.1 Å². The molecule has 32 heavy (non-hydrogen) atoms. The summed E-state index contributed by atoms with van der Waals surface area (Å²) in [7, 11) is 0. The van der Waals surface area contributed by atoms with Gasteiger partial charge in [-0.1, -0.05) is 19.9 Å². The first kappa shape index (κ1) is 23.5. The molecule has 0 radical (unpaired) electrons. The van der Waals surface area contributed by atoms with Crippen LogP contribution < -0.4 is 20.3 Å². The molecule has 1 aliphatic rings. The zero-order valence-corrected chi connectivity index (χ0v) is 19.6. The van der Waals surface area contributed by atoms with Gasteiger partial charge in [0.1, 0.15) is 5.75 Å². The first-order chi connectivity index (χ1) is 15.3. The van der Waals surface area contributed by atoms with Gasteiger partial charge < -0.3 is 19.9 Å². The fourth-order valence-electron chi connectivity index (χ4n) is 3.36. The molecule has 0 saturated carbocycles. The van der Waals surface area contributed by atoms with Crippen molar-refractivity contribution < 1.29 is 14.3 Å². The van der Waals surface area contributed by atoms with Gasteiger partial charge in [-0.15, -0.1) is 0 Å². The van der Waals surface area contributed by atoms with Crippen molar-refractivity contribution in [2.45, 2.75) is 20.8 Å². The van der Waals surface area contributed by atoms with E-state index in [9.17, 15) is 9.59 Å². The van der Waals surface area contributed by atoms with Gasteiger partial charge in [-0.25, -0.2) is 0 Å². The van der Waals surface area contributed by atoms with Crippen LogP contribution in [-0.2, 0) is 4.79 Å². The Hall–Kier alpha value is -3.13. The van der Waals surface area contributed by atoms with E-state index in [2.05, 4.69) is 29.4 Å². The van der Waals surface area contributed by atoms with Gasteiger partial charge in [0.05, 0.1) is 6.61 Å². The summed E-state index contributed by atoms with van der Waals surface area (Å²) in [5, 5.41) is 5.98. The minimum atomic E-state index is -0.294. The highest BCUT2D eigenvalue weighted by Crippen LogP contribution is 2.20. The molecule has 2 amide bonds. The smallest absolute Gasteiger partial charge is 0.257 e. The maximum absolute atomic E-state index is 12.5. The molecule has 3 rings (SSSR count). The van der Waals surface area contributed by atoms with E-state index >= 15 is 0 Å². The summed E-state index contributed by atoms with van der Waals surface area (Å²) < 4.78 is 5.69. The van der Waals surface area contributed by atoms with Gasteiger partial charge in [0.15, 0.2) is 5.11 Å². The van der Waals surface area contributed by atoms with Crippen LogP contribution in [0, 0.1) is 5.92 Å². The van der Waals surface area contributed by atoms with E-state index in [1.807, 2.05) is 35.2 Å². The molecule has 0 spiro atoms. The molecule has 2 N–H and O–H groups in total. The second-order valence-electron chi connectivity index (χ2n) is 8.18. The Kier molecular flexibility index (Phi) is 8.05. The molecule has 170 valence electrons. The van der Waals surface area contributed by atoms with Gasteiger partial charge in [0.2, 0.25) is 5.91 Å². The lowest BCUT2D eigenvalue weighted by molar-refractivity contribution is -0.129. The summed E-state index contributed by atoms with van der Waals surface area (Å²) in [5.41, 5.74) is 2.36. The Balaban J connectivity index is 1.51. The summed E-state index contributed by atoms with van der Waals surface area (Å²) in [4.78, 5) is 28.1. The number of piperazine rings is 1. The molecular formula is C24H30N4O3S. The molecule has 1 fully saturated rings. The van der Waals surface area contributed by atoms with E-state index in [-0.39, 0.29) is 16.9 Å². The summed E-state index contributed by atoms with van der Waals surface area (Å²) in [5.74, 6) is 0.887. The van der Waals surface area contributed by atoms with E-state index in [4.69, 9.17) is 17.0 Å². The van der Waals surface area contributed by atoms with E-state index in [0.29, 0.717) is 23.8 Å². The van der Waals surface area contributed by atoms with Crippen molar-refractivity contribution in [1.29, 1.82) is 0 Å². The number of hydrogen-bond acceptors (Lipinski definition) is 5. The van der Waals surface area contributed by atoms with Crippen LogP contribution in [-0.4, -0.2) is 54.6 Å². The van der Waals surface area contributed by atoms with Crippen molar-refractivity contribution in [3.63, 3.8) is 0 Å². The minimum Gasteiger partial charge on any atom is -0.493 e. The zero-order chi connectivity index (χ0) is 23.1. The largest absolute Gasteiger partial charge is 0.493 e. The summed E-state index contributed by atoms with van der Waals surface area (Å²) in [6.07, 6.45) is 0. The fourth-order valence-corrected chi connectivity index (χ4v) is 3.57. The molecule has 0 aliphatic carbocycles. The van der Waals surface area contributed by atoms with E-state index in [1.165, 1.54) is 0 Å². The molecule has 2 aromatic carbocycles. The number of carbonyl (C=O) groups is 2. The molecule has 7 nitrogen and oxygen atoms in total. The number of nitrogens with zero attached hydrogens (tertiary/aromatic N) is 2. The number of thiocarbonyl (C=S) groups is 1. The predicted molar refractivity (Wildman–Crippen MR) is 131 cm³/mol. The summed E-state index contributed by atoms with van der Waals surface area (Å²) in [6, 6.07) is 14.9. The summed E-state index contributed by atoms with van der Waals surface area (Å²) in [6.45, 7) is 9.41. The van der Waals surface area contributed by atoms with Gasteiger partial charge in [0.25, 0.3) is 5.91 Å². The maximum Gasteiger partial charge on any atom is 0.257 e. The van der Waals surface area contributed by atoms with Crippen molar-refractivity contribution >= 4 is 40.5 Å². The number of ether oxygens (including phenoxy) is 1. The summed E-state index contributed by atoms with van der Waals surface area (Å²) >= 11 is 5.30. The molecule has 8 heteroatoms. The number of carbonyl (C=O) groups excluding carboxylic acids is 2. The third-order valence-electron chi connectivity index (χ3n) is 5.12. The topological polar surface area (TPSA) is 73.9 Å². The lowest BCUT2D eigenvalue weighted by Crippen LogP contribution is -2.48. The van der Waals surface area contributed by atoms with Gasteiger partial charge in [0, 0.05) is 50.0 Å². The van der Waals surface area contributed by atoms with Crippen LogP contribution >= 0.6 is 12.2 Å². The second-order valence-corrected chi connectivity index (χ2v) is 8.59. The molecule has 0 atom stereocenters. The van der Waals surface area contributed by atoms with E-state index in [1.54, 1.807) is 25.1 Å². The Morgan fingerprint density at radius 2 is 1.75 bits per heavy atom. The first-order valence-corrected chi connectivity index (χ1v) is 11.2. The van der Waals surface area contributed by atoms with Crippen LogP contribution in [0.4, 0.5) is 11.4 Å².